The summed E-state index contributed by atoms with van der Waals surface area (Å²) >= 11 is 0. The first-order valence-corrected chi connectivity index (χ1v) is 5.80. The Kier molecular flexibility index (Phi) is 3.55. The normalized spacial score (nSPS) is 10.6. The fraction of sp³-hybridized carbons (Fsp3) is 0.286. The van der Waals surface area contributed by atoms with Crippen LogP contribution in [0.25, 0.3) is 0 Å². The minimum atomic E-state index is -0.284. The van der Waals surface area contributed by atoms with Gasteiger partial charge < -0.3 is 0 Å². The molecule has 1 aromatic heterocycles. The quantitative estimate of drug-likeness (QED) is 0.829. The number of carbonyl (C=O) groups excluding carboxylic acids is 1. The van der Waals surface area contributed by atoms with Gasteiger partial charge >= 0.3 is 0 Å². The fourth-order valence-corrected chi connectivity index (χ4v) is 1.92. The predicted molar refractivity (Wildman–Crippen MR) is 66.8 cm³/mol. The Bertz CT molecular complexity index is 558. The minimum absolute atomic E-state index is 0.101. The molecule has 0 fully saturated rings. The average Bonchev–Trinajstić information content (AvgIpc) is 2.61. The third-order valence-corrected chi connectivity index (χ3v) is 2.79. The SMILES string of the molecule is Cc1cc(CC(=O)Cc2ccc(F)cc2)n(C)n1. The van der Waals surface area contributed by atoms with Crippen LogP contribution < -0.4 is 0 Å². The molecule has 0 N–H and O–H groups in total. The number of halogens is 1. The Hall–Kier alpha value is -1.97. The molecule has 2 aromatic rings. The van der Waals surface area contributed by atoms with Crippen molar-refractivity contribution < 1.29 is 9.18 Å². The molecule has 0 unspecified atom stereocenters. The van der Waals surface area contributed by atoms with Crippen LogP contribution >= 0.6 is 0 Å². The highest BCUT2D eigenvalue weighted by molar-refractivity contribution is 5.82. The van der Waals surface area contributed by atoms with Crippen molar-refractivity contribution in [3.05, 3.63) is 53.1 Å². The minimum Gasteiger partial charge on any atom is -0.299 e. The van der Waals surface area contributed by atoms with E-state index in [-0.39, 0.29) is 11.6 Å². The average molecular weight is 246 g/mol. The zero-order valence-corrected chi connectivity index (χ0v) is 10.5. The second-order valence-electron chi connectivity index (χ2n) is 4.42. The van der Waals surface area contributed by atoms with Gasteiger partial charge in [0, 0.05) is 25.6 Å². The molecule has 0 spiro atoms. The van der Waals surface area contributed by atoms with Crippen molar-refractivity contribution in [2.24, 2.45) is 7.05 Å². The van der Waals surface area contributed by atoms with E-state index in [1.165, 1.54) is 12.1 Å². The molecule has 1 aromatic carbocycles. The smallest absolute Gasteiger partial charge is 0.143 e. The lowest BCUT2D eigenvalue weighted by atomic mass is 10.1. The largest absolute Gasteiger partial charge is 0.299 e. The number of aryl methyl sites for hydroxylation is 2. The van der Waals surface area contributed by atoms with Gasteiger partial charge in [-0.1, -0.05) is 12.1 Å². The van der Waals surface area contributed by atoms with E-state index in [2.05, 4.69) is 5.10 Å². The van der Waals surface area contributed by atoms with Crippen molar-refractivity contribution in [1.82, 2.24) is 9.78 Å². The number of nitrogens with zero attached hydrogens (tertiary/aromatic N) is 2. The molecule has 2 rings (SSSR count). The summed E-state index contributed by atoms with van der Waals surface area (Å²) in [6.45, 7) is 1.90. The van der Waals surface area contributed by atoms with Crippen LogP contribution in [0.2, 0.25) is 0 Å². The van der Waals surface area contributed by atoms with Crippen LogP contribution in [-0.2, 0) is 24.7 Å². The van der Waals surface area contributed by atoms with E-state index < -0.39 is 0 Å². The van der Waals surface area contributed by atoms with E-state index in [4.69, 9.17) is 0 Å². The summed E-state index contributed by atoms with van der Waals surface area (Å²) in [5.74, 6) is -0.182. The number of rotatable bonds is 4. The molecule has 18 heavy (non-hydrogen) atoms. The van der Waals surface area contributed by atoms with Crippen LogP contribution in [0.15, 0.2) is 30.3 Å². The molecule has 0 bridgehead atoms. The summed E-state index contributed by atoms with van der Waals surface area (Å²) in [7, 11) is 1.83. The van der Waals surface area contributed by atoms with Gasteiger partial charge in [0.15, 0.2) is 0 Å². The molecular weight excluding hydrogens is 231 g/mol. The highest BCUT2D eigenvalue weighted by Gasteiger charge is 2.09. The van der Waals surface area contributed by atoms with Crippen molar-refractivity contribution in [3.8, 4) is 0 Å². The molecule has 0 atom stereocenters. The van der Waals surface area contributed by atoms with Crippen molar-refractivity contribution in [3.63, 3.8) is 0 Å². The van der Waals surface area contributed by atoms with E-state index in [9.17, 15) is 9.18 Å². The van der Waals surface area contributed by atoms with Crippen LogP contribution in [0.3, 0.4) is 0 Å². The van der Waals surface area contributed by atoms with E-state index in [1.54, 1.807) is 16.8 Å². The fourth-order valence-electron chi connectivity index (χ4n) is 1.92. The second kappa shape index (κ2) is 5.12. The highest BCUT2D eigenvalue weighted by Crippen LogP contribution is 2.08. The van der Waals surface area contributed by atoms with Gasteiger partial charge in [-0.2, -0.15) is 5.10 Å². The van der Waals surface area contributed by atoms with Crippen LogP contribution in [0.5, 0.6) is 0 Å². The number of carbonyl (C=O) groups is 1. The van der Waals surface area contributed by atoms with Crippen LogP contribution in [0, 0.1) is 12.7 Å². The molecule has 1 heterocycles. The summed E-state index contributed by atoms with van der Waals surface area (Å²) in [4.78, 5) is 11.9. The maximum Gasteiger partial charge on any atom is 0.143 e. The van der Waals surface area contributed by atoms with E-state index in [0.717, 1.165) is 17.0 Å². The molecule has 0 saturated carbocycles. The van der Waals surface area contributed by atoms with Crippen molar-refractivity contribution in [2.45, 2.75) is 19.8 Å². The summed E-state index contributed by atoms with van der Waals surface area (Å²) < 4.78 is 14.5. The molecule has 0 aliphatic heterocycles. The third kappa shape index (κ3) is 3.03. The monoisotopic (exact) mass is 246 g/mol. The van der Waals surface area contributed by atoms with Gasteiger partial charge in [-0.25, -0.2) is 4.39 Å². The maximum atomic E-state index is 12.7. The van der Waals surface area contributed by atoms with Gasteiger partial charge in [0.25, 0.3) is 0 Å². The molecule has 94 valence electrons. The Labute approximate surface area is 105 Å². The maximum absolute atomic E-state index is 12.7. The standard InChI is InChI=1S/C14H15FN2O/c1-10-7-13(17(2)16-10)9-14(18)8-11-3-5-12(15)6-4-11/h3-7H,8-9H2,1-2H3. The summed E-state index contributed by atoms with van der Waals surface area (Å²) in [5.41, 5.74) is 2.64. The molecular formula is C14H15FN2O. The van der Waals surface area contributed by atoms with Crippen LogP contribution in [-0.4, -0.2) is 15.6 Å². The lowest BCUT2D eigenvalue weighted by Crippen LogP contribution is -2.10. The van der Waals surface area contributed by atoms with Crippen molar-refractivity contribution >= 4 is 5.78 Å². The summed E-state index contributed by atoms with van der Waals surface area (Å²) in [6.07, 6.45) is 0.680. The predicted octanol–water partition coefficient (Wildman–Crippen LogP) is 2.22. The zero-order valence-electron chi connectivity index (χ0n) is 10.5. The Morgan fingerprint density at radius 1 is 1.28 bits per heavy atom. The van der Waals surface area contributed by atoms with Gasteiger partial charge in [-0.05, 0) is 30.7 Å². The van der Waals surface area contributed by atoms with Gasteiger partial charge in [0.1, 0.15) is 11.6 Å². The van der Waals surface area contributed by atoms with Crippen LogP contribution in [0.1, 0.15) is 17.0 Å². The molecule has 0 saturated heterocycles. The topological polar surface area (TPSA) is 34.9 Å². The number of benzene rings is 1. The van der Waals surface area contributed by atoms with Crippen molar-refractivity contribution in [2.75, 3.05) is 0 Å². The number of hydrogen-bond donors (Lipinski definition) is 0. The van der Waals surface area contributed by atoms with Crippen molar-refractivity contribution in [1.29, 1.82) is 0 Å². The Balaban J connectivity index is 2.01. The Morgan fingerprint density at radius 3 is 2.50 bits per heavy atom. The lowest BCUT2D eigenvalue weighted by molar-refractivity contribution is -0.117. The second-order valence-corrected chi connectivity index (χ2v) is 4.42. The molecule has 0 amide bonds. The first-order chi connectivity index (χ1) is 8.54. The molecule has 3 nitrogen and oxygen atoms in total. The van der Waals surface area contributed by atoms with E-state index in [0.29, 0.717) is 12.8 Å². The zero-order chi connectivity index (χ0) is 13.1. The molecule has 4 heteroatoms. The molecule has 0 aliphatic rings. The number of aromatic nitrogens is 2. The van der Waals surface area contributed by atoms with Crippen LogP contribution in [0.4, 0.5) is 4.39 Å². The van der Waals surface area contributed by atoms with Gasteiger partial charge in [-0.3, -0.25) is 9.48 Å². The first kappa shape index (κ1) is 12.5. The van der Waals surface area contributed by atoms with Gasteiger partial charge in [-0.15, -0.1) is 0 Å². The summed E-state index contributed by atoms with van der Waals surface area (Å²) in [6, 6.07) is 7.93. The molecule has 0 aliphatic carbocycles. The third-order valence-electron chi connectivity index (χ3n) is 2.79. The number of Topliss-reactive ketones (excluding diaryl/α,β-unsaturated/α-hetero) is 1. The van der Waals surface area contributed by atoms with E-state index >= 15 is 0 Å². The van der Waals surface area contributed by atoms with E-state index in [1.807, 2.05) is 20.0 Å². The number of ketones is 1. The molecule has 0 radical (unpaired) electrons. The van der Waals surface area contributed by atoms with Gasteiger partial charge in [0.05, 0.1) is 5.69 Å². The van der Waals surface area contributed by atoms with Gasteiger partial charge in [0.2, 0.25) is 0 Å². The first-order valence-electron chi connectivity index (χ1n) is 5.80. The summed E-state index contributed by atoms with van der Waals surface area (Å²) in [5, 5.41) is 4.20. The highest BCUT2D eigenvalue weighted by atomic mass is 19.1. The lowest BCUT2D eigenvalue weighted by Gasteiger charge is -2.02. The number of hydrogen-bond acceptors (Lipinski definition) is 2. The Morgan fingerprint density at radius 2 is 1.94 bits per heavy atom.